The van der Waals surface area contributed by atoms with Crippen molar-refractivity contribution in [3.63, 3.8) is 0 Å². The number of Topliss-reactive ketones (excluding diaryl/α,β-unsaturated/α-hetero) is 1. The van der Waals surface area contributed by atoms with Crippen molar-refractivity contribution in [2.75, 3.05) is 53.4 Å². The molecule has 2 amide bonds. The van der Waals surface area contributed by atoms with E-state index in [1.165, 1.54) is 6.08 Å². The number of nitrogens with one attached hydrogen (secondary N) is 2. The molecule has 0 aromatic heterocycles. The van der Waals surface area contributed by atoms with Gasteiger partial charge >= 0.3 is 6.09 Å². The first kappa shape index (κ1) is 39.3. The first-order valence-electron chi connectivity index (χ1n) is 16.6. The van der Waals surface area contributed by atoms with E-state index in [0.29, 0.717) is 67.7 Å². The number of ketones is 2. The molecular formula is C35H51N5O9. The molecule has 1 aliphatic carbocycles. The molecule has 0 bridgehead atoms. The summed E-state index contributed by atoms with van der Waals surface area (Å²) in [4.78, 5) is 76.3. The second kappa shape index (κ2) is 19.2. The van der Waals surface area contributed by atoms with Crippen molar-refractivity contribution in [2.45, 2.75) is 65.0 Å². The summed E-state index contributed by atoms with van der Waals surface area (Å²) >= 11 is 0. The van der Waals surface area contributed by atoms with Crippen molar-refractivity contribution >= 4 is 30.4 Å². The number of carbonyl (C=O) groups is 5. The minimum absolute atomic E-state index is 0.120. The molecule has 0 aromatic carbocycles. The maximum Gasteiger partial charge on any atom is 0.405 e. The molecule has 0 radical (unpaired) electrons. The number of nitrogens with two attached hydrogens (primary N) is 1. The maximum absolute atomic E-state index is 13.5. The number of nitrogens with zero attached hydrogens (tertiary/aromatic N) is 2. The van der Waals surface area contributed by atoms with Crippen LogP contribution in [0.1, 0.15) is 40.5 Å². The molecule has 0 spiro atoms. The van der Waals surface area contributed by atoms with E-state index in [0.717, 1.165) is 19.5 Å². The fourth-order valence-electron chi connectivity index (χ4n) is 6.20. The summed E-state index contributed by atoms with van der Waals surface area (Å²) < 4.78 is 11.3. The van der Waals surface area contributed by atoms with E-state index in [2.05, 4.69) is 15.5 Å². The van der Waals surface area contributed by atoms with Gasteiger partial charge in [0.25, 0.3) is 0 Å². The van der Waals surface area contributed by atoms with Gasteiger partial charge in [0.05, 0.1) is 17.5 Å². The smallest absolute Gasteiger partial charge is 0.405 e. The molecule has 4 N–H and O–H groups in total. The molecule has 3 aliphatic rings. The van der Waals surface area contributed by atoms with Crippen LogP contribution in [0.15, 0.2) is 58.5 Å². The zero-order valence-corrected chi connectivity index (χ0v) is 29.3. The van der Waals surface area contributed by atoms with Crippen molar-refractivity contribution in [1.29, 1.82) is 0 Å². The quantitative estimate of drug-likeness (QED) is 0.0536. The van der Waals surface area contributed by atoms with Crippen molar-refractivity contribution in [3.8, 4) is 0 Å². The minimum Gasteiger partial charge on any atom is -0.439 e. The summed E-state index contributed by atoms with van der Waals surface area (Å²) in [7, 11) is 3.19. The average molecular weight is 686 g/mol. The molecule has 2 heterocycles. The number of allylic oxidation sites excluding steroid dienone is 5. The van der Waals surface area contributed by atoms with Gasteiger partial charge in [-0.2, -0.15) is 0 Å². The van der Waals surface area contributed by atoms with Gasteiger partial charge in [-0.3, -0.25) is 24.1 Å². The summed E-state index contributed by atoms with van der Waals surface area (Å²) in [5, 5.41) is 6.09. The molecule has 6 atom stereocenters. The summed E-state index contributed by atoms with van der Waals surface area (Å²) in [6.07, 6.45) is 6.60. The van der Waals surface area contributed by atoms with Crippen LogP contribution < -0.4 is 16.4 Å². The van der Waals surface area contributed by atoms with Gasteiger partial charge in [0.2, 0.25) is 18.0 Å². The first-order valence-corrected chi connectivity index (χ1v) is 16.6. The van der Waals surface area contributed by atoms with Crippen LogP contribution in [-0.4, -0.2) is 118 Å². The predicted octanol–water partition coefficient (Wildman–Crippen LogP) is 1.74. The van der Waals surface area contributed by atoms with E-state index < -0.39 is 30.5 Å². The van der Waals surface area contributed by atoms with Crippen LogP contribution in [0.2, 0.25) is 0 Å². The van der Waals surface area contributed by atoms with Crippen LogP contribution in [0.25, 0.3) is 0 Å². The van der Waals surface area contributed by atoms with E-state index in [4.69, 9.17) is 25.0 Å². The lowest BCUT2D eigenvalue weighted by atomic mass is 9.85. The number of ether oxygens (including phenoxy) is 2. The number of hydrogen-bond donors (Lipinski definition) is 3. The number of likely N-dealkylation sites (N-methyl/N-ethyl adjacent to an activating group) is 1. The van der Waals surface area contributed by atoms with E-state index in [-0.39, 0.29) is 29.1 Å². The Kier molecular flexibility index (Phi) is 15.4. The maximum atomic E-state index is 13.5. The zero-order chi connectivity index (χ0) is 36.1. The normalized spacial score (nSPS) is 26.7. The topological polar surface area (TPSA) is 179 Å². The van der Waals surface area contributed by atoms with Gasteiger partial charge < -0.3 is 30.7 Å². The number of methoxy groups -OCH3 is 1. The van der Waals surface area contributed by atoms with Gasteiger partial charge in [-0.05, 0) is 49.8 Å². The Morgan fingerprint density at radius 3 is 2.51 bits per heavy atom. The number of carbonyl (C=O) groups excluding carboxylic acids is 5. The number of aldehydes is 1. The second-order valence-corrected chi connectivity index (χ2v) is 12.7. The van der Waals surface area contributed by atoms with Crippen LogP contribution in [-0.2, 0) is 38.4 Å². The molecule has 14 nitrogen and oxygen atoms in total. The Morgan fingerprint density at radius 1 is 1.18 bits per heavy atom. The molecule has 0 saturated carbocycles. The molecule has 1 fully saturated rings. The van der Waals surface area contributed by atoms with Crippen LogP contribution in [0, 0.1) is 11.8 Å². The minimum atomic E-state index is -0.972. The summed E-state index contributed by atoms with van der Waals surface area (Å²) in [5.74, 6) is -0.877. The summed E-state index contributed by atoms with van der Waals surface area (Å²) in [5.41, 5.74) is 7.47. The lowest BCUT2D eigenvalue weighted by Crippen LogP contribution is -2.47. The van der Waals surface area contributed by atoms with Crippen molar-refractivity contribution < 1.29 is 43.2 Å². The largest absolute Gasteiger partial charge is 0.439 e. The monoisotopic (exact) mass is 685 g/mol. The Balaban J connectivity index is 1.77. The fraction of sp³-hybridized carbons (Fsp3) is 0.571. The molecule has 2 aliphatic heterocycles. The van der Waals surface area contributed by atoms with Gasteiger partial charge in [-0.15, -0.1) is 0 Å². The van der Waals surface area contributed by atoms with Crippen molar-refractivity contribution in [2.24, 2.45) is 17.6 Å². The number of primary amides is 1. The third kappa shape index (κ3) is 11.2. The van der Waals surface area contributed by atoms with Gasteiger partial charge in [-0.1, -0.05) is 32.1 Å². The van der Waals surface area contributed by atoms with Crippen LogP contribution >= 0.6 is 0 Å². The average Bonchev–Trinajstić information content (AvgIpc) is 3.08. The fourth-order valence-corrected chi connectivity index (χ4v) is 6.20. The van der Waals surface area contributed by atoms with Crippen LogP contribution in [0.5, 0.6) is 0 Å². The van der Waals surface area contributed by atoms with Gasteiger partial charge in [0, 0.05) is 71.0 Å². The molecule has 4 unspecified atom stereocenters. The lowest BCUT2D eigenvalue weighted by molar-refractivity contribution is -0.370. The zero-order valence-electron chi connectivity index (χ0n) is 29.3. The Bertz CT molecular complexity index is 1360. The van der Waals surface area contributed by atoms with E-state index in [1.807, 2.05) is 19.9 Å². The highest BCUT2D eigenvalue weighted by Gasteiger charge is 2.37. The van der Waals surface area contributed by atoms with E-state index in [9.17, 15) is 24.0 Å². The molecule has 3 rings (SSSR count). The third-order valence-corrected chi connectivity index (χ3v) is 8.91. The number of rotatable bonds is 16. The first-order chi connectivity index (χ1) is 23.4. The SMILES string of the molecule is CNC1=CC(=O)C(NCCN2CCN(C=O)CC2)=C(C[C@@H](C)CC(OC)C2OOC(/C=C\C=C(/C)C=O)C(OC(N)=O)/C(C)=C/[C@@H]2C)C1=O. The number of amides is 2. The van der Waals surface area contributed by atoms with Crippen molar-refractivity contribution in [3.05, 3.63) is 58.5 Å². The standard InChI is InChI=1S/C35H51N5O9/c1-22(20-41)8-7-9-29-33(47-35(36)45)24(3)18-25(4)34(49-48-29)30(46-6)17-23(2)16-26-31(28(43)19-27(37-5)32(26)44)38-10-11-39-12-14-40(21-42)15-13-39/h7-9,18-21,23,25,29-30,33-34,37-38H,10-17H2,1-6H3,(H2,36,45)/b9-7-,22-8+,24-18+/t23-,25+,29?,30?,33?,34?/m1/s1. The Labute approximate surface area is 288 Å². The van der Waals surface area contributed by atoms with Gasteiger partial charge in [0.1, 0.15) is 12.4 Å². The van der Waals surface area contributed by atoms with Crippen LogP contribution in [0.4, 0.5) is 4.79 Å². The molecule has 14 heteroatoms. The molecule has 270 valence electrons. The highest BCUT2D eigenvalue weighted by atomic mass is 17.2. The lowest BCUT2D eigenvalue weighted by Gasteiger charge is -2.35. The Hall–Kier alpha value is -4.11. The molecular weight excluding hydrogens is 634 g/mol. The molecule has 0 aromatic rings. The summed E-state index contributed by atoms with van der Waals surface area (Å²) in [6, 6.07) is 0. The van der Waals surface area contributed by atoms with E-state index in [1.54, 1.807) is 51.1 Å². The highest BCUT2D eigenvalue weighted by Crippen LogP contribution is 2.31. The van der Waals surface area contributed by atoms with Gasteiger partial charge in [0.15, 0.2) is 12.2 Å². The predicted molar refractivity (Wildman–Crippen MR) is 182 cm³/mol. The summed E-state index contributed by atoms with van der Waals surface area (Å²) in [6.45, 7) is 11.3. The number of piperazine rings is 1. The molecule has 1 saturated heterocycles. The van der Waals surface area contributed by atoms with Crippen LogP contribution in [0.3, 0.4) is 0 Å². The highest BCUT2D eigenvalue weighted by molar-refractivity contribution is 6.22. The van der Waals surface area contributed by atoms with E-state index >= 15 is 0 Å². The Morgan fingerprint density at radius 2 is 1.90 bits per heavy atom. The van der Waals surface area contributed by atoms with Gasteiger partial charge in [-0.25, -0.2) is 14.6 Å². The second-order valence-electron chi connectivity index (χ2n) is 12.7. The third-order valence-electron chi connectivity index (χ3n) is 8.91. The number of hydrogen-bond acceptors (Lipinski definition) is 12. The van der Waals surface area contributed by atoms with Crippen molar-refractivity contribution in [1.82, 2.24) is 20.4 Å². The molecule has 49 heavy (non-hydrogen) atoms.